The van der Waals surface area contributed by atoms with Gasteiger partial charge in [-0.1, -0.05) is 56.5 Å². The Morgan fingerprint density at radius 1 is 0.838 bits per heavy atom. The quantitative estimate of drug-likeness (QED) is 0.152. The highest BCUT2D eigenvalue weighted by Crippen LogP contribution is 2.25. The van der Waals surface area contributed by atoms with Crippen LogP contribution < -0.4 is 4.74 Å². The molecule has 0 saturated heterocycles. The molecular formula is C32H27FO4. The van der Waals surface area contributed by atoms with Gasteiger partial charge in [0.05, 0.1) is 23.3 Å². The second-order valence-corrected chi connectivity index (χ2v) is 8.87. The third-order valence-electron chi connectivity index (χ3n) is 6.14. The molecule has 37 heavy (non-hydrogen) atoms. The molecule has 5 heteroatoms. The van der Waals surface area contributed by atoms with Crippen molar-refractivity contribution in [2.24, 2.45) is 5.92 Å². The summed E-state index contributed by atoms with van der Waals surface area (Å²) >= 11 is 0. The van der Waals surface area contributed by atoms with Crippen LogP contribution in [-0.2, 0) is 4.74 Å². The minimum atomic E-state index is -0.504. The first kappa shape index (κ1) is 25.7. The molecule has 0 bridgehead atoms. The summed E-state index contributed by atoms with van der Waals surface area (Å²) < 4.78 is 25.2. The van der Waals surface area contributed by atoms with E-state index in [2.05, 4.69) is 18.8 Å². The Labute approximate surface area is 216 Å². The van der Waals surface area contributed by atoms with Crippen LogP contribution in [-0.4, -0.2) is 18.5 Å². The number of ether oxygens (including phenoxy) is 2. The van der Waals surface area contributed by atoms with E-state index in [1.54, 1.807) is 79.7 Å². The molecule has 0 heterocycles. The van der Waals surface area contributed by atoms with Gasteiger partial charge in [-0.25, -0.2) is 14.0 Å². The van der Waals surface area contributed by atoms with Gasteiger partial charge in [0.15, 0.2) is 0 Å². The average molecular weight is 495 g/mol. The number of hydrogen-bond donors (Lipinski definition) is 0. The molecule has 1 atom stereocenters. The Bertz CT molecular complexity index is 1510. The van der Waals surface area contributed by atoms with Gasteiger partial charge in [0.1, 0.15) is 11.6 Å². The number of hydrogen-bond acceptors (Lipinski definition) is 4. The van der Waals surface area contributed by atoms with Crippen LogP contribution in [0.2, 0.25) is 0 Å². The summed E-state index contributed by atoms with van der Waals surface area (Å²) in [6.07, 6.45) is 0.944. The first-order valence-corrected chi connectivity index (χ1v) is 12.1. The molecule has 0 aliphatic rings. The van der Waals surface area contributed by atoms with Crippen molar-refractivity contribution in [2.45, 2.75) is 27.2 Å². The maximum atomic E-state index is 14.2. The summed E-state index contributed by atoms with van der Waals surface area (Å²) in [6, 6.07) is 22.2. The van der Waals surface area contributed by atoms with Gasteiger partial charge < -0.3 is 9.47 Å². The van der Waals surface area contributed by atoms with E-state index in [1.165, 1.54) is 6.07 Å². The molecule has 0 fully saturated rings. The van der Waals surface area contributed by atoms with Crippen molar-refractivity contribution >= 4 is 22.7 Å². The third kappa shape index (κ3) is 6.23. The van der Waals surface area contributed by atoms with Crippen LogP contribution in [0.15, 0.2) is 78.9 Å². The molecule has 0 aliphatic heterocycles. The molecule has 186 valence electrons. The summed E-state index contributed by atoms with van der Waals surface area (Å²) in [7, 11) is 0. The predicted molar refractivity (Wildman–Crippen MR) is 143 cm³/mol. The fourth-order valence-corrected chi connectivity index (χ4v) is 3.73. The van der Waals surface area contributed by atoms with E-state index in [9.17, 15) is 14.0 Å². The number of halogens is 1. The molecule has 1 unspecified atom stereocenters. The second kappa shape index (κ2) is 11.5. The van der Waals surface area contributed by atoms with E-state index in [0.29, 0.717) is 40.5 Å². The third-order valence-corrected chi connectivity index (χ3v) is 6.14. The van der Waals surface area contributed by atoms with Gasteiger partial charge in [-0.2, -0.15) is 0 Å². The zero-order valence-electron chi connectivity index (χ0n) is 21.0. The molecule has 0 radical (unpaired) electrons. The molecule has 0 N–H and O–H groups in total. The number of fused-ring (bicyclic) bond motifs is 1. The van der Waals surface area contributed by atoms with E-state index in [-0.39, 0.29) is 11.8 Å². The van der Waals surface area contributed by atoms with Crippen LogP contribution in [0.3, 0.4) is 0 Å². The topological polar surface area (TPSA) is 52.6 Å². The highest BCUT2D eigenvalue weighted by Gasteiger charge is 2.13. The largest absolute Gasteiger partial charge is 0.462 e. The minimum absolute atomic E-state index is 0.313. The maximum Gasteiger partial charge on any atom is 0.343 e. The lowest BCUT2D eigenvalue weighted by molar-refractivity contribution is 0.0447. The number of carbonyl (C=O) groups is 2. The summed E-state index contributed by atoms with van der Waals surface area (Å²) in [5.41, 5.74) is 2.66. The Morgan fingerprint density at radius 2 is 1.51 bits per heavy atom. The smallest absolute Gasteiger partial charge is 0.343 e. The lowest BCUT2D eigenvalue weighted by Gasteiger charge is -2.10. The fraction of sp³-hybridized carbons (Fsp3) is 0.188. The Balaban J connectivity index is 1.44. The van der Waals surface area contributed by atoms with Crippen molar-refractivity contribution in [1.29, 1.82) is 0 Å². The molecule has 0 amide bonds. The van der Waals surface area contributed by atoms with Crippen LogP contribution in [0.1, 0.15) is 53.5 Å². The number of rotatable bonds is 7. The van der Waals surface area contributed by atoms with Gasteiger partial charge in [0.25, 0.3) is 0 Å². The standard InChI is InChI=1S/C32H27FO4/c1-4-6-23-9-12-27(19-30(23)33)22-7-10-24(11-8-22)32(35)37-29-16-15-25-17-28(14-13-26(25)18-29)31(34)36-20-21(3)5-2/h7-19,21H,5,20H2,1-3H3. The van der Waals surface area contributed by atoms with Crippen molar-refractivity contribution in [3.05, 3.63) is 101 Å². The van der Waals surface area contributed by atoms with Gasteiger partial charge in [-0.3, -0.25) is 0 Å². The van der Waals surface area contributed by atoms with E-state index >= 15 is 0 Å². The fourth-order valence-electron chi connectivity index (χ4n) is 3.73. The van der Waals surface area contributed by atoms with Crippen LogP contribution in [0.5, 0.6) is 5.75 Å². The van der Waals surface area contributed by atoms with E-state index in [4.69, 9.17) is 9.47 Å². The van der Waals surface area contributed by atoms with Crippen molar-refractivity contribution in [3.8, 4) is 28.7 Å². The van der Waals surface area contributed by atoms with Crippen molar-refractivity contribution in [3.63, 3.8) is 0 Å². The van der Waals surface area contributed by atoms with Crippen LogP contribution in [0.4, 0.5) is 4.39 Å². The Hall–Kier alpha value is -4.43. The molecule has 0 aliphatic carbocycles. The molecule has 4 nitrogen and oxygen atoms in total. The molecule has 0 aromatic heterocycles. The van der Waals surface area contributed by atoms with Crippen LogP contribution in [0.25, 0.3) is 21.9 Å². The maximum absolute atomic E-state index is 14.2. The Kier molecular flexibility index (Phi) is 8.00. The molecule has 0 spiro atoms. The van der Waals surface area contributed by atoms with Gasteiger partial charge in [0, 0.05) is 0 Å². The van der Waals surface area contributed by atoms with E-state index in [1.807, 2.05) is 6.92 Å². The van der Waals surface area contributed by atoms with Gasteiger partial charge in [-0.05, 0) is 83.3 Å². The summed E-state index contributed by atoms with van der Waals surface area (Å²) in [5, 5.41) is 1.67. The molecule has 4 aromatic carbocycles. The molecular weight excluding hydrogens is 467 g/mol. The van der Waals surface area contributed by atoms with E-state index in [0.717, 1.165) is 22.8 Å². The summed E-state index contributed by atoms with van der Waals surface area (Å²) in [6.45, 7) is 6.14. The highest BCUT2D eigenvalue weighted by atomic mass is 19.1. The van der Waals surface area contributed by atoms with Crippen molar-refractivity contribution in [2.75, 3.05) is 6.61 Å². The predicted octanol–water partition coefficient (Wildman–Crippen LogP) is 7.44. The van der Waals surface area contributed by atoms with Gasteiger partial charge in [0.2, 0.25) is 0 Å². The SMILES string of the molecule is CC#Cc1ccc(-c2ccc(C(=O)Oc3ccc4cc(C(=O)OCC(C)CC)ccc4c3)cc2)cc1F. The summed E-state index contributed by atoms with van der Waals surface area (Å²) in [4.78, 5) is 25.0. The normalized spacial score (nSPS) is 11.4. The highest BCUT2D eigenvalue weighted by molar-refractivity contribution is 5.96. The average Bonchev–Trinajstić information content (AvgIpc) is 2.92. The molecule has 4 aromatic rings. The second-order valence-electron chi connectivity index (χ2n) is 8.87. The van der Waals surface area contributed by atoms with Crippen molar-refractivity contribution in [1.82, 2.24) is 0 Å². The van der Waals surface area contributed by atoms with Crippen molar-refractivity contribution < 1.29 is 23.5 Å². The van der Waals surface area contributed by atoms with Gasteiger partial charge >= 0.3 is 11.9 Å². The number of esters is 2. The first-order valence-electron chi connectivity index (χ1n) is 12.1. The van der Waals surface area contributed by atoms with Gasteiger partial charge in [-0.15, -0.1) is 5.92 Å². The van der Waals surface area contributed by atoms with Crippen LogP contribution >= 0.6 is 0 Å². The number of benzene rings is 4. The Morgan fingerprint density at radius 3 is 2.22 bits per heavy atom. The zero-order valence-corrected chi connectivity index (χ0v) is 21.0. The monoisotopic (exact) mass is 494 g/mol. The minimum Gasteiger partial charge on any atom is -0.462 e. The summed E-state index contributed by atoms with van der Waals surface area (Å²) in [5.74, 6) is 4.88. The lowest BCUT2D eigenvalue weighted by atomic mass is 10.0. The lowest BCUT2D eigenvalue weighted by Crippen LogP contribution is -2.11. The molecule has 4 rings (SSSR count). The zero-order chi connectivity index (χ0) is 26.4. The molecule has 0 saturated carbocycles. The van der Waals surface area contributed by atoms with Crippen LogP contribution in [0, 0.1) is 23.6 Å². The first-order chi connectivity index (χ1) is 17.9. The van der Waals surface area contributed by atoms with E-state index < -0.39 is 5.97 Å². The number of carbonyl (C=O) groups excluding carboxylic acids is 2.